The SMILES string of the molecule is CC1(C)CC(=O)C2=C(C1)Nc1ccccc1NC2c1cccc(OCc2ccccc2)c1. The first-order chi connectivity index (χ1) is 15.5. The standard InChI is InChI=1S/C28H28N2O2/c1-28(2)16-24-26(25(31)17-28)27(30-23-14-7-6-13-22(23)29-24)20-11-8-12-21(15-20)32-18-19-9-4-3-5-10-19/h3-15,27,29-30H,16-18H2,1-2H3. The predicted molar refractivity (Wildman–Crippen MR) is 129 cm³/mol. The predicted octanol–water partition coefficient (Wildman–Crippen LogP) is 6.49. The molecule has 2 aliphatic rings. The second-order valence-corrected chi connectivity index (χ2v) is 9.43. The molecule has 0 fully saturated rings. The van der Waals surface area contributed by atoms with E-state index in [1.165, 1.54) is 0 Å². The number of para-hydroxylation sites is 2. The number of benzene rings is 3. The van der Waals surface area contributed by atoms with Crippen molar-refractivity contribution in [2.45, 2.75) is 39.3 Å². The van der Waals surface area contributed by atoms with Crippen LogP contribution in [0.5, 0.6) is 5.75 Å². The fraction of sp³-hybridized carbons (Fsp3) is 0.250. The van der Waals surface area contributed by atoms with Crippen LogP contribution >= 0.6 is 0 Å². The summed E-state index contributed by atoms with van der Waals surface area (Å²) in [5.41, 5.74) is 5.93. The van der Waals surface area contributed by atoms with Gasteiger partial charge >= 0.3 is 0 Å². The van der Waals surface area contributed by atoms with Gasteiger partial charge in [-0.15, -0.1) is 0 Å². The van der Waals surface area contributed by atoms with Crippen molar-refractivity contribution in [2.75, 3.05) is 10.6 Å². The number of hydrogen-bond acceptors (Lipinski definition) is 4. The number of nitrogens with one attached hydrogen (secondary N) is 2. The van der Waals surface area contributed by atoms with Gasteiger partial charge in [0.15, 0.2) is 5.78 Å². The number of ether oxygens (including phenoxy) is 1. The van der Waals surface area contributed by atoms with Gasteiger partial charge in [0, 0.05) is 17.7 Å². The smallest absolute Gasteiger partial charge is 0.163 e. The topological polar surface area (TPSA) is 50.4 Å². The molecule has 1 aliphatic heterocycles. The van der Waals surface area contributed by atoms with Gasteiger partial charge in [0.1, 0.15) is 12.4 Å². The minimum absolute atomic E-state index is 0.0621. The number of Topliss-reactive ketones (excluding diaryl/α,β-unsaturated/α-hetero) is 1. The van der Waals surface area contributed by atoms with Crippen LogP contribution in [0.15, 0.2) is 90.1 Å². The molecule has 32 heavy (non-hydrogen) atoms. The van der Waals surface area contributed by atoms with E-state index in [0.717, 1.165) is 45.9 Å². The quantitative estimate of drug-likeness (QED) is 0.503. The average Bonchev–Trinajstić information content (AvgIpc) is 2.94. The van der Waals surface area contributed by atoms with Crippen LogP contribution in [0.2, 0.25) is 0 Å². The van der Waals surface area contributed by atoms with Crippen molar-refractivity contribution in [3.8, 4) is 5.75 Å². The molecular formula is C28H28N2O2. The van der Waals surface area contributed by atoms with Crippen molar-refractivity contribution in [1.82, 2.24) is 0 Å². The van der Waals surface area contributed by atoms with Crippen molar-refractivity contribution in [3.63, 3.8) is 0 Å². The van der Waals surface area contributed by atoms with Crippen molar-refractivity contribution >= 4 is 17.2 Å². The molecule has 2 N–H and O–H groups in total. The van der Waals surface area contributed by atoms with E-state index in [0.29, 0.717) is 13.0 Å². The molecule has 4 heteroatoms. The number of allylic oxidation sites excluding steroid dienone is 1. The Morgan fingerprint density at radius 1 is 0.906 bits per heavy atom. The highest BCUT2D eigenvalue weighted by molar-refractivity contribution is 6.01. The van der Waals surface area contributed by atoms with Crippen molar-refractivity contribution < 1.29 is 9.53 Å². The van der Waals surface area contributed by atoms with E-state index in [4.69, 9.17) is 4.74 Å². The normalized spacial score (nSPS) is 19.2. The molecular weight excluding hydrogens is 396 g/mol. The molecule has 3 aromatic carbocycles. The van der Waals surface area contributed by atoms with Gasteiger partial charge in [-0.1, -0.05) is 68.4 Å². The Morgan fingerprint density at radius 2 is 1.66 bits per heavy atom. The van der Waals surface area contributed by atoms with Gasteiger partial charge in [-0.05, 0) is 47.2 Å². The second kappa shape index (κ2) is 8.19. The lowest BCUT2D eigenvalue weighted by Gasteiger charge is -2.34. The highest BCUT2D eigenvalue weighted by atomic mass is 16.5. The summed E-state index contributed by atoms with van der Waals surface area (Å²) in [6, 6.07) is 26.1. The van der Waals surface area contributed by atoms with E-state index in [-0.39, 0.29) is 17.2 Å². The third kappa shape index (κ3) is 4.13. The van der Waals surface area contributed by atoms with Crippen LogP contribution in [-0.4, -0.2) is 5.78 Å². The van der Waals surface area contributed by atoms with Gasteiger partial charge in [-0.2, -0.15) is 0 Å². The van der Waals surface area contributed by atoms with Gasteiger partial charge in [-0.3, -0.25) is 4.79 Å². The first-order valence-electron chi connectivity index (χ1n) is 11.1. The van der Waals surface area contributed by atoms with E-state index in [1.54, 1.807) is 0 Å². The second-order valence-electron chi connectivity index (χ2n) is 9.43. The Hall–Kier alpha value is -3.53. The van der Waals surface area contributed by atoms with Crippen molar-refractivity contribution in [3.05, 3.63) is 101 Å². The fourth-order valence-electron chi connectivity index (χ4n) is 4.66. The van der Waals surface area contributed by atoms with E-state index in [2.05, 4.69) is 54.8 Å². The molecule has 0 amide bonds. The zero-order valence-electron chi connectivity index (χ0n) is 18.5. The van der Waals surface area contributed by atoms with E-state index >= 15 is 0 Å². The molecule has 0 saturated carbocycles. The van der Waals surface area contributed by atoms with Crippen LogP contribution in [0.4, 0.5) is 11.4 Å². The van der Waals surface area contributed by atoms with Crippen LogP contribution in [0.1, 0.15) is 43.9 Å². The molecule has 1 unspecified atom stereocenters. The third-order valence-corrected chi connectivity index (χ3v) is 6.16. The molecule has 0 aromatic heterocycles. The minimum atomic E-state index is -0.231. The number of ketones is 1. The minimum Gasteiger partial charge on any atom is -0.489 e. The Kier molecular flexibility index (Phi) is 5.22. The lowest BCUT2D eigenvalue weighted by Crippen LogP contribution is -2.31. The van der Waals surface area contributed by atoms with Gasteiger partial charge < -0.3 is 15.4 Å². The summed E-state index contributed by atoms with van der Waals surface area (Å²) < 4.78 is 6.08. The molecule has 1 aliphatic carbocycles. The average molecular weight is 425 g/mol. The van der Waals surface area contributed by atoms with Crippen molar-refractivity contribution in [2.24, 2.45) is 5.41 Å². The van der Waals surface area contributed by atoms with Gasteiger partial charge in [0.2, 0.25) is 0 Å². The maximum absolute atomic E-state index is 13.4. The Labute approximate surface area is 189 Å². The lowest BCUT2D eigenvalue weighted by molar-refractivity contribution is -0.118. The first-order valence-corrected chi connectivity index (χ1v) is 11.1. The molecule has 5 rings (SSSR count). The fourth-order valence-corrected chi connectivity index (χ4v) is 4.66. The summed E-state index contributed by atoms with van der Waals surface area (Å²) in [7, 11) is 0. The number of anilines is 2. The molecule has 3 aromatic rings. The first kappa shape index (κ1) is 20.4. The highest BCUT2D eigenvalue weighted by Gasteiger charge is 2.38. The summed E-state index contributed by atoms with van der Waals surface area (Å²) >= 11 is 0. The van der Waals surface area contributed by atoms with Crippen LogP contribution in [0.3, 0.4) is 0 Å². The van der Waals surface area contributed by atoms with Gasteiger partial charge in [0.25, 0.3) is 0 Å². The summed E-state index contributed by atoms with van der Waals surface area (Å²) in [5.74, 6) is 0.994. The van der Waals surface area contributed by atoms with E-state index in [1.807, 2.05) is 48.5 Å². The molecule has 0 spiro atoms. The zero-order chi connectivity index (χ0) is 22.1. The molecule has 4 nitrogen and oxygen atoms in total. The molecule has 1 atom stereocenters. The third-order valence-electron chi connectivity index (χ3n) is 6.16. The Bertz CT molecular complexity index is 1180. The van der Waals surface area contributed by atoms with Crippen molar-refractivity contribution in [1.29, 1.82) is 0 Å². The zero-order valence-corrected chi connectivity index (χ0v) is 18.5. The van der Waals surface area contributed by atoms with Crippen LogP contribution in [0, 0.1) is 5.41 Å². The Balaban J connectivity index is 1.51. The van der Waals surface area contributed by atoms with E-state index in [9.17, 15) is 4.79 Å². The number of hydrogen-bond donors (Lipinski definition) is 2. The summed E-state index contributed by atoms with van der Waals surface area (Å²) in [4.78, 5) is 13.4. The maximum atomic E-state index is 13.4. The number of fused-ring (bicyclic) bond motifs is 1. The summed E-state index contributed by atoms with van der Waals surface area (Å²) in [5, 5.41) is 7.21. The molecule has 0 radical (unpaired) electrons. The monoisotopic (exact) mass is 424 g/mol. The molecule has 162 valence electrons. The van der Waals surface area contributed by atoms with Crippen LogP contribution in [-0.2, 0) is 11.4 Å². The molecule has 0 bridgehead atoms. The maximum Gasteiger partial charge on any atom is 0.163 e. The van der Waals surface area contributed by atoms with Gasteiger partial charge in [-0.25, -0.2) is 0 Å². The molecule has 1 heterocycles. The highest BCUT2D eigenvalue weighted by Crippen LogP contribution is 2.45. The van der Waals surface area contributed by atoms with Gasteiger partial charge in [0.05, 0.1) is 17.4 Å². The number of carbonyl (C=O) groups is 1. The lowest BCUT2D eigenvalue weighted by atomic mass is 9.73. The largest absolute Gasteiger partial charge is 0.489 e. The van der Waals surface area contributed by atoms with E-state index < -0.39 is 0 Å². The van der Waals surface area contributed by atoms with Crippen LogP contribution < -0.4 is 15.4 Å². The summed E-state index contributed by atoms with van der Waals surface area (Å²) in [6.07, 6.45) is 1.39. The molecule has 0 saturated heterocycles. The number of carbonyl (C=O) groups excluding carboxylic acids is 1. The summed E-state index contributed by atoms with van der Waals surface area (Å²) in [6.45, 7) is 4.83. The number of rotatable bonds is 4. The Morgan fingerprint density at radius 3 is 2.47 bits per heavy atom. The van der Waals surface area contributed by atoms with Crippen LogP contribution in [0.25, 0.3) is 0 Å².